The molecule has 3 N–H and O–H groups in total. The lowest BCUT2D eigenvalue weighted by molar-refractivity contribution is 0.0564. The molecule has 0 aromatic carbocycles. The minimum atomic E-state index is 0.0386. The fraction of sp³-hybridized carbons (Fsp3) is 0.643. The number of amides is 1. The first kappa shape index (κ1) is 13.9. The van der Waals surface area contributed by atoms with E-state index in [-0.39, 0.29) is 18.6 Å². The van der Waals surface area contributed by atoms with Crippen LogP contribution in [0.2, 0.25) is 0 Å². The normalized spacial score (nSPS) is 19.7. The Labute approximate surface area is 114 Å². The first-order chi connectivity index (χ1) is 9.17. The molecule has 1 aromatic rings. The standard InChI is InChI=1S/C14H23N3O2/c1-2-16-10-11(15)9-13(16)14(19)17-7-4-3-5-12(17)6-8-18/h9-10,12,18H,2-8,15H2,1H3. The van der Waals surface area contributed by atoms with Crippen molar-refractivity contribution in [3.8, 4) is 0 Å². The molecular weight excluding hydrogens is 242 g/mol. The van der Waals surface area contributed by atoms with Crippen LogP contribution in [0.5, 0.6) is 0 Å². The van der Waals surface area contributed by atoms with Crippen LogP contribution in [0, 0.1) is 0 Å². The first-order valence-corrected chi connectivity index (χ1v) is 7.04. The van der Waals surface area contributed by atoms with Gasteiger partial charge in [-0.3, -0.25) is 4.79 Å². The largest absolute Gasteiger partial charge is 0.397 e. The molecule has 1 aliphatic heterocycles. The Balaban J connectivity index is 2.20. The minimum absolute atomic E-state index is 0.0386. The lowest BCUT2D eigenvalue weighted by atomic mass is 9.99. The predicted molar refractivity (Wildman–Crippen MR) is 74.9 cm³/mol. The fourth-order valence-electron chi connectivity index (χ4n) is 2.84. The van der Waals surface area contributed by atoms with Gasteiger partial charge in [0.1, 0.15) is 5.69 Å². The molecule has 0 spiro atoms. The van der Waals surface area contributed by atoms with Gasteiger partial charge in [0.15, 0.2) is 0 Å². The monoisotopic (exact) mass is 265 g/mol. The number of piperidine rings is 1. The molecule has 2 heterocycles. The summed E-state index contributed by atoms with van der Waals surface area (Å²) < 4.78 is 1.89. The number of aliphatic hydroxyl groups excluding tert-OH is 1. The van der Waals surface area contributed by atoms with E-state index in [9.17, 15) is 4.79 Å². The summed E-state index contributed by atoms with van der Waals surface area (Å²) >= 11 is 0. The van der Waals surface area contributed by atoms with E-state index in [2.05, 4.69) is 0 Å². The molecule has 0 saturated carbocycles. The van der Waals surface area contributed by atoms with Gasteiger partial charge in [0.05, 0.1) is 5.69 Å². The van der Waals surface area contributed by atoms with Crippen molar-refractivity contribution in [3.63, 3.8) is 0 Å². The predicted octanol–water partition coefficient (Wildman–Crippen LogP) is 1.47. The van der Waals surface area contributed by atoms with E-state index in [1.807, 2.05) is 16.4 Å². The van der Waals surface area contributed by atoms with Gasteiger partial charge in [-0.15, -0.1) is 0 Å². The number of nitrogen functional groups attached to an aromatic ring is 1. The molecule has 5 heteroatoms. The number of nitrogens with two attached hydrogens (primary N) is 1. The molecule has 5 nitrogen and oxygen atoms in total. The number of carbonyl (C=O) groups is 1. The molecule has 1 amide bonds. The summed E-state index contributed by atoms with van der Waals surface area (Å²) in [6.07, 6.45) is 5.61. The van der Waals surface area contributed by atoms with Gasteiger partial charge in [0, 0.05) is 31.9 Å². The van der Waals surface area contributed by atoms with E-state index >= 15 is 0 Å². The molecule has 0 radical (unpaired) electrons. The average molecular weight is 265 g/mol. The van der Waals surface area contributed by atoms with Crippen LogP contribution in [0.3, 0.4) is 0 Å². The maximum absolute atomic E-state index is 12.6. The van der Waals surface area contributed by atoms with Gasteiger partial charge >= 0.3 is 0 Å². The van der Waals surface area contributed by atoms with Crippen LogP contribution in [0.4, 0.5) is 5.69 Å². The zero-order valence-corrected chi connectivity index (χ0v) is 11.5. The van der Waals surface area contributed by atoms with Crippen LogP contribution in [0.15, 0.2) is 12.3 Å². The van der Waals surface area contributed by atoms with Crippen molar-refractivity contribution in [2.24, 2.45) is 0 Å². The number of aromatic nitrogens is 1. The van der Waals surface area contributed by atoms with Crippen molar-refractivity contribution < 1.29 is 9.90 Å². The average Bonchev–Trinajstić information content (AvgIpc) is 2.80. The molecule has 0 aliphatic carbocycles. The van der Waals surface area contributed by atoms with Crippen LogP contribution in [-0.2, 0) is 6.54 Å². The summed E-state index contributed by atoms with van der Waals surface area (Å²) in [5.41, 5.74) is 7.07. The summed E-state index contributed by atoms with van der Waals surface area (Å²) in [5.74, 6) is 0.0386. The van der Waals surface area contributed by atoms with Crippen molar-refractivity contribution in [3.05, 3.63) is 18.0 Å². The van der Waals surface area contributed by atoms with Crippen molar-refractivity contribution >= 4 is 11.6 Å². The van der Waals surface area contributed by atoms with Crippen molar-refractivity contribution in [2.75, 3.05) is 18.9 Å². The van der Waals surface area contributed by atoms with E-state index in [1.165, 1.54) is 0 Å². The van der Waals surface area contributed by atoms with Gasteiger partial charge < -0.3 is 20.3 Å². The fourth-order valence-corrected chi connectivity index (χ4v) is 2.84. The molecule has 1 aliphatic rings. The third-order valence-electron chi connectivity index (χ3n) is 3.83. The van der Waals surface area contributed by atoms with Crippen LogP contribution in [-0.4, -0.2) is 39.7 Å². The van der Waals surface area contributed by atoms with E-state index in [0.29, 0.717) is 17.8 Å². The molecule has 19 heavy (non-hydrogen) atoms. The molecule has 1 aromatic heterocycles. The molecule has 1 fully saturated rings. The van der Waals surface area contributed by atoms with Crippen molar-refractivity contribution in [1.29, 1.82) is 0 Å². The van der Waals surface area contributed by atoms with E-state index < -0.39 is 0 Å². The number of aliphatic hydroxyl groups is 1. The highest BCUT2D eigenvalue weighted by Crippen LogP contribution is 2.23. The Bertz CT molecular complexity index is 440. The van der Waals surface area contributed by atoms with Crippen LogP contribution < -0.4 is 5.73 Å². The summed E-state index contributed by atoms with van der Waals surface area (Å²) in [6.45, 7) is 3.64. The smallest absolute Gasteiger partial charge is 0.270 e. The van der Waals surface area contributed by atoms with Gasteiger partial charge in [0.2, 0.25) is 0 Å². The highest BCUT2D eigenvalue weighted by atomic mass is 16.3. The van der Waals surface area contributed by atoms with Gasteiger partial charge in [0.25, 0.3) is 5.91 Å². The maximum atomic E-state index is 12.6. The van der Waals surface area contributed by atoms with Gasteiger partial charge in [-0.2, -0.15) is 0 Å². The third kappa shape index (κ3) is 2.92. The number of carbonyl (C=O) groups excluding carboxylic acids is 1. The zero-order valence-electron chi connectivity index (χ0n) is 11.5. The first-order valence-electron chi connectivity index (χ1n) is 7.04. The van der Waals surface area contributed by atoms with Crippen LogP contribution in [0.1, 0.15) is 43.1 Å². The molecular formula is C14H23N3O2. The summed E-state index contributed by atoms with van der Waals surface area (Å²) in [7, 11) is 0. The number of likely N-dealkylation sites (tertiary alicyclic amines) is 1. The van der Waals surface area contributed by atoms with Gasteiger partial charge in [-0.25, -0.2) is 0 Å². The summed E-state index contributed by atoms with van der Waals surface area (Å²) in [4.78, 5) is 14.5. The second-order valence-corrected chi connectivity index (χ2v) is 5.11. The quantitative estimate of drug-likeness (QED) is 0.866. The maximum Gasteiger partial charge on any atom is 0.270 e. The van der Waals surface area contributed by atoms with Crippen molar-refractivity contribution in [1.82, 2.24) is 9.47 Å². The summed E-state index contributed by atoms with van der Waals surface area (Å²) in [5, 5.41) is 9.13. The Morgan fingerprint density at radius 2 is 2.32 bits per heavy atom. The van der Waals surface area contributed by atoms with Crippen molar-refractivity contribution in [2.45, 2.75) is 45.2 Å². The number of hydrogen-bond acceptors (Lipinski definition) is 3. The van der Waals surface area contributed by atoms with E-state index in [1.54, 1.807) is 12.3 Å². The second-order valence-electron chi connectivity index (χ2n) is 5.11. The second kappa shape index (κ2) is 6.10. The lowest BCUT2D eigenvalue weighted by Crippen LogP contribution is -2.44. The topological polar surface area (TPSA) is 71.5 Å². The molecule has 0 bridgehead atoms. The summed E-state index contributed by atoms with van der Waals surface area (Å²) in [6, 6.07) is 1.91. The minimum Gasteiger partial charge on any atom is -0.397 e. The number of hydrogen-bond donors (Lipinski definition) is 2. The molecule has 1 saturated heterocycles. The Hall–Kier alpha value is -1.49. The van der Waals surface area contributed by atoms with Gasteiger partial charge in [-0.1, -0.05) is 0 Å². The SMILES string of the molecule is CCn1cc(N)cc1C(=O)N1CCCCC1CCO. The Kier molecular flexibility index (Phi) is 4.47. The number of aryl methyl sites for hydroxylation is 1. The number of nitrogens with zero attached hydrogens (tertiary/aromatic N) is 2. The molecule has 106 valence electrons. The van der Waals surface area contributed by atoms with E-state index in [0.717, 1.165) is 32.4 Å². The lowest BCUT2D eigenvalue weighted by Gasteiger charge is -2.35. The molecule has 1 unspecified atom stereocenters. The highest BCUT2D eigenvalue weighted by Gasteiger charge is 2.28. The zero-order chi connectivity index (χ0) is 13.8. The number of anilines is 1. The van der Waals surface area contributed by atoms with Crippen LogP contribution in [0.25, 0.3) is 0 Å². The Morgan fingerprint density at radius 3 is 3.00 bits per heavy atom. The third-order valence-corrected chi connectivity index (χ3v) is 3.83. The number of rotatable bonds is 4. The van der Waals surface area contributed by atoms with Gasteiger partial charge in [-0.05, 0) is 38.7 Å². The van der Waals surface area contributed by atoms with Crippen LogP contribution >= 0.6 is 0 Å². The molecule has 2 rings (SSSR count). The highest BCUT2D eigenvalue weighted by molar-refractivity contribution is 5.94. The molecule has 1 atom stereocenters. The van der Waals surface area contributed by atoms with E-state index in [4.69, 9.17) is 10.8 Å². The Morgan fingerprint density at radius 1 is 1.53 bits per heavy atom.